The van der Waals surface area contributed by atoms with Crippen molar-refractivity contribution in [1.29, 1.82) is 0 Å². The molecule has 0 radical (unpaired) electrons. The second-order valence-electron chi connectivity index (χ2n) is 6.78. The number of amides is 1. The predicted molar refractivity (Wildman–Crippen MR) is 106 cm³/mol. The van der Waals surface area contributed by atoms with E-state index >= 15 is 0 Å². The number of aromatic nitrogens is 3. The summed E-state index contributed by atoms with van der Waals surface area (Å²) < 4.78 is 7.48. The fourth-order valence-corrected chi connectivity index (χ4v) is 3.47. The third-order valence-corrected chi connectivity index (χ3v) is 5.04. The van der Waals surface area contributed by atoms with E-state index in [4.69, 9.17) is 4.42 Å². The Hall–Kier alpha value is -2.54. The van der Waals surface area contributed by atoms with Crippen molar-refractivity contribution in [2.24, 2.45) is 5.92 Å². The Balaban J connectivity index is 1.63. The molecule has 1 aromatic carbocycles. The molecule has 1 amide bonds. The average Bonchev–Trinajstić information content (AvgIpc) is 3.28. The number of hydrogen-bond donors (Lipinski definition) is 1. The molecule has 142 valence electrons. The summed E-state index contributed by atoms with van der Waals surface area (Å²) in [6.45, 7) is 7.60. The Bertz CT molecular complexity index is 887. The standard InChI is InChI=1S/C20H24N4O2S/c1-14(2)12-24-19(17-9-6-10-26-17)22-23-20(24)27-13-18(25)21-11-16-8-5-4-7-15(16)3/h4-10,14H,11-13H2,1-3H3,(H,21,25). The molecule has 0 fully saturated rings. The number of carbonyl (C=O) groups excluding carboxylic acids is 1. The summed E-state index contributed by atoms with van der Waals surface area (Å²) in [7, 11) is 0. The second-order valence-corrected chi connectivity index (χ2v) is 7.72. The Kier molecular flexibility index (Phi) is 6.34. The van der Waals surface area contributed by atoms with Gasteiger partial charge in [-0.1, -0.05) is 49.9 Å². The molecule has 2 aromatic heterocycles. The van der Waals surface area contributed by atoms with Crippen LogP contribution in [0.2, 0.25) is 0 Å². The summed E-state index contributed by atoms with van der Waals surface area (Å²) in [5.41, 5.74) is 2.30. The normalized spacial score (nSPS) is 11.1. The maximum absolute atomic E-state index is 12.3. The molecule has 3 aromatic rings. The Morgan fingerprint density at radius 1 is 1.22 bits per heavy atom. The van der Waals surface area contributed by atoms with Crippen LogP contribution in [0.25, 0.3) is 11.6 Å². The van der Waals surface area contributed by atoms with Crippen LogP contribution in [0.3, 0.4) is 0 Å². The monoisotopic (exact) mass is 384 g/mol. The summed E-state index contributed by atoms with van der Waals surface area (Å²) in [5, 5.41) is 12.2. The number of aryl methyl sites for hydroxylation is 1. The summed E-state index contributed by atoms with van der Waals surface area (Å²) in [6.07, 6.45) is 1.62. The highest BCUT2D eigenvalue weighted by atomic mass is 32.2. The number of furan rings is 1. The smallest absolute Gasteiger partial charge is 0.230 e. The van der Waals surface area contributed by atoms with E-state index in [0.717, 1.165) is 17.3 Å². The zero-order chi connectivity index (χ0) is 19.2. The van der Waals surface area contributed by atoms with Crippen molar-refractivity contribution in [3.63, 3.8) is 0 Å². The van der Waals surface area contributed by atoms with Crippen LogP contribution in [-0.2, 0) is 17.9 Å². The highest BCUT2D eigenvalue weighted by Gasteiger charge is 2.18. The van der Waals surface area contributed by atoms with E-state index in [1.54, 1.807) is 6.26 Å². The van der Waals surface area contributed by atoms with Gasteiger partial charge >= 0.3 is 0 Å². The summed E-state index contributed by atoms with van der Waals surface area (Å²) in [4.78, 5) is 12.3. The lowest BCUT2D eigenvalue weighted by Crippen LogP contribution is -2.25. The molecule has 0 spiro atoms. The van der Waals surface area contributed by atoms with Gasteiger partial charge in [-0.05, 0) is 36.1 Å². The molecule has 3 rings (SSSR count). The van der Waals surface area contributed by atoms with Crippen LogP contribution < -0.4 is 5.32 Å². The van der Waals surface area contributed by atoms with Gasteiger partial charge in [-0.3, -0.25) is 9.36 Å². The molecule has 0 aliphatic carbocycles. The van der Waals surface area contributed by atoms with Crippen LogP contribution in [0, 0.1) is 12.8 Å². The minimum Gasteiger partial charge on any atom is -0.461 e. The van der Waals surface area contributed by atoms with Gasteiger partial charge in [0.25, 0.3) is 0 Å². The summed E-state index contributed by atoms with van der Waals surface area (Å²) >= 11 is 1.39. The first kappa shape index (κ1) is 19.2. The van der Waals surface area contributed by atoms with E-state index in [9.17, 15) is 4.79 Å². The zero-order valence-electron chi connectivity index (χ0n) is 15.8. The molecule has 0 bridgehead atoms. The molecule has 0 aliphatic rings. The molecule has 0 unspecified atom stereocenters. The number of hydrogen-bond acceptors (Lipinski definition) is 5. The Labute approximate surface area is 163 Å². The van der Waals surface area contributed by atoms with Crippen molar-refractivity contribution in [3.05, 3.63) is 53.8 Å². The molecule has 0 saturated heterocycles. The first-order valence-corrected chi connectivity index (χ1v) is 9.94. The molecule has 2 heterocycles. The SMILES string of the molecule is Cc1ccccc1CNC(=O)CSc1nnc(-c2ccco2)n1CC(C)C. The van der Waals surface area contributed by atoms with Gasteiger partial charge in [-0.2, -0.15) is 0 Å². The Morgan fingerprint density at radius 3 is 2.74 bits per heavy atom. The third-order valence-electron chi connectivity index (χ3n) is 4.08. The summed E-state index contributed by atoms with van der Waals surface area (Å²) in [6, 6.07) is 11.7. The molecular weight excluding hydrogens is 360 g/mol. The van der Waals surface area contributed by atoms with Gasteiger partial charge in [0.1, 0.15) is 0 Å². The fourth-order valence-electron chi connectivity index (χ4n) is 2.70. The van der Waals surface area contributed by atoms with Crippen LogP contribution >= 0.6 is 11.8 Å². The van der Waals surface area contributed by atoms with Gasteiger partial charge < -0.3 is 9.73 Å². The first-order chi connectivity index (χ1) is 13.0. The maximum Gasteiger partial charge on any atom is 0.230 e. The molecule has 0 atom stereocenters. The van der Waals surface area contributed by atoms with E-state index in [2.05, 4.69) is 29.4 Å². The van der Waals surface area contributed by atoms with Crippen molar-refractivity contribution in [1.82, 2.24) is 20.1 Å². The average molecular weight is 385 g/mol. The van der Waals surface area contributed by atoms with Crippen molar-refractivity contribution >= 4 is 17.7 Å². The van der Waals surface area contributed by atoms with Gasteiger partial charge in [0.15, 0.2) is 16.7 Å². The van der Waals surface area contributed by atoms with Crippen molar-refractivity contribution in [3.8, 4) is 11.6 Å². The number of rotatable bonds is 8. The number of carbonyl (C=O) groups is 1. The van der Waals surface area contributed by atoms with Crippen molar-refractivity contribution in [2.75, 3.05) is 5.75 Å². The van der Waals surface area contributed by atoms with Crippen LogP contribution in [-0.4, -0.2) is 26.4 Å². The summed E-state index contributed by atoms with van der Waals surface area (Å²) in [5.74, 6) is 2.06. The first-order valence-electron chi connectivity index (χ1n) is 8.95. The molecule has 7 heteroatoms. The van der Waals surface area contributed by atoms with Gasteiger partial charge in [0.2, 0.25) is 5.91 Å². The quantitative estimate of drug-likeness (QED) is 0.596. The number of benzene rings is 1. The second kappa shape index (κ2) is 8.90. The predicted octanol–water partition coefficient (Wildman–Crippen LogP) is 3.91. The number of nitrogens with one attached hydrogen (secondary N) is 1. The lowest BCUT2D eigenvalue weighted by atomic mass is 10.1. The van der Waals surface area contributed by atoms with Crippen LogP contribution in [0.4, 0.5) is 0 Å². The van der Waals surface area contributed by atoms with E-state index in [1.807, 2.05) is 47.9 Å². The van der Waals surface area contributed by atoms with Crippen molar-refractivity contribution in [2.45, 2.75) is 39.0 Å². The largest absolute Gasteiger partial charge is 0.461 e. The van der Waals surface area contributed by atoms with Gasteiger partial charge in [0.05, 0.1) is 12.0 Å². The van der Waals surface area contributed by atoms with Crippen LogP contribution in [0.15, 0.2) is 52.2 Å². The number of nitrogens with zero attached hydrogens (tertiary/aromatic N) is 3. The number of thioether (sulfide) groups is 1. The lowest BCUT2D eigenvalue weighted by molar-refractivity contribution is -0.118. The van der Waals surface area contributed by atoms with Gasteiger partial charge in [-0.15, -0.1) is 10.2 Å². The Morgan fingerprint density at radius 2 is 2.04 bits per heavy atom. The minimum atomic E-state index is -0.0260. The molecule has 6 nitrogen and oxygen atoms in total. The van der Waals surface area contributed by atoms with Gasteiger partial charge in [0, 0.05) is 13.1 Å². The van der Waals surface area contributed by atoms with Crippen LogP contribution in [0.1, 0.15) is 25.0 Å². The molecule has 0 saturated carbocycles. The highest BCUT2D eigenvalue weighted by Crippen LogP contribution is 2.25. The molecule has 27 heavy (non-hydrogen) atoms. The van der Waals surface area contributed by atoms with Crippen LogP contribution in [0.5, 0.6) is 0 Å². The van der Waals surface area contributed by atoms with E-state index < -0.39 is 0 Å². The maximum atomic E-state index is 12.3. The molecular formula is C20H24N4O2S. The van der Waals surface area contributed by atoms with E-state index in [1.165, 1.54) is 17.3 Å². The topological polar surface area (TPSA) is 73.0 Å². The zero-order valence-corrected chi connectivity index (χ0v) is 16.6. The lowest BCUT2D eigenvalue weighted by Gasteiger charge is -2.11. The third kappa shape index (κ3) is 5.01. The highest BCUT2D eigenvalue weighted by molar-refractivity contribution is 7.99. The molecule has 1 N–H and O–H groups in total. The minimum absolute atomic E-state index is 0.0260. The van der Waals surface area contributed by atoms with Gasteiger partial charge in [-0.25, -0.2) is 0 Å². The molecule has 0 aliphatic heterocycles. The van der Waals surface area contributed by atoms with E-state index in [0.29, 0.717) is 29.8 Å². The van der Waals surface area contributed by atoms with E-state index in [-0.39, 0.29) is 5.91 Å². The van der Waals surface area contributed by atoms with Crippen molar-refractivity contribution < 1.29 is 9.21 Å². The fraction of sp³-hybridized carbons (Fsp3) is 0.350.